The van der Waals surface area contributed by atoms with Crippen LogP contribution in [0, 0.1) is 0 Å². The van der Waals surface area contributed by atoms with Gasteiger partial charge in [-0.2, -0.15) is 0 Å². The second-order valence-corrected chi connectivity index (χ2v) is 10.1. The third kappa shape index (κ3) is 3.19. The number of nitrogens with zero attached hydrogens (tertiary/aromatic N) is 3. The minimum absolute atomic E-state index is 0.0462. The number of oxazole rings is 1. The Bertz CT molecular complexity index is 1150. The van der Waals surface area contributed by atoms with Crippen molar-refractivity contribution in [3.8, 4) is 21.9 Å². The van der Waals surface area contributed by atoms with E-state index < -0.39 is 15.6 Å². The molecule has 1 aliphatic rings. The van der Waals surface area contributed by atoms with Gasteiger partial charge in [-0.05, 0) is 30.7 Å². The van der Waals surface area contributed by atoms with E-state index in [1.807, 2.05) is 30.3 Å². The Balaban J connectivity index is 1.71. The second kappa shape index (κ2) is 6.61. The van der Waals surface area contributed by atoms with Crippen LogP contribution in [0.2, 0.25) is 5.02 Å². The van der Waals surface area contributed by atoms with E-state index in [-0.39, 0.29) is 11.7 Å². The summed E-state index contributed by atoms with van der Waals surface area (Å²) in [7, 11) is -2.17. The number of hydrogen-bond donors (Lipinski definition) is 1. The zero-order valence-electron chi connectivity index (χ0n) is 15.1. The fourth-order valence-electron chi connectivity index (χ4n) is 3.09. The lowest BCUT2D eigenvalue weighted by molar-refractivity contribution is 0.482. The highest BCUT2D eigenvalue weighted by molar-refractivity contribution is 7.89. The molecular formula is C18H17ClN4O3S2. The Labute approximate surface area is 171 Å². The molecule has 0 saturated carbocycles. The van der Waals surface area contributed by atoms with Crippen LogP contribution in [0.1, 0.15) is 11.8 Å². The molecule has 2 aromatic heterocycles. The number of aliphatic imine (C=N–C) groups is 1. The van der Waals surface area contributed by atoms with Crippen LogP contribution in [0.25, 0.3) is 21.9 Å². The summed E-state index contributed by atoms with van der Waals surface area (Å²) >= 11 is 7.88. The Morgan fingerprint density at radius 2 is 1.96 bits per heavy atom. The van der Waals surface area contributed by atoms with Gasteiger partial charge < -0.3 is 10.2 Å². The number of hydrogen-bond acceptors (Lipinski definition) is 7. The number of aromatic nitrogens is 1. The fraction of sp³-hybridized carbons (Fsp3) is 0.222. The van der Waals surface area contributed by atoms with Crippen LogP contribution in [-0.2, 0) is 15.6 Å². The number of guanidine groups is 1. The molecule has 2 N–H and O–H groups in total. The largest absolute Gasteiger partial charge is 0.445 e. The predicted molar refractivity (Wildman–Crippen MR) is 111 cm³/mol. The van der Waals surface area contributed by atoms with Crippen molar-refractivity contribution in [3.05, 3.63) is 52.7 Å². The Kier molecular flexibility index (Phi) is 4.48. The fourth-order valence-corrected chi connectivity index (χ4v) is 6.26. The summed E-state index contributed by atoms with van der Waals surface area (Å²) in [6.45, 7) is 1.73. The number of rotatable bonds is 3. The van der Waals surface area contributed by atoms with Gasteiger partial charge in [-0.3, -0.25) is 0 Å². The molecule has 1 aliphatic heterocycles. The van der Waals surface area contributed by atoms with E-state index in [9.17, 15) is 8.42 Å². The number of sulfonamides is 1. The molecule has 0 amide bonds. The van der Waals surface area contributed by atoms with Crippen molar-refractivity contribution in [2.45, 2.75) is 12.5 Å². The molecule has 0 spiro atoms. The normalized spacial score (nSPS) is 21.5. The van der Waals surface area contributed by atoms with E-state index in [0.29, 0.717) is 15.8 Å². The molecule has 7 nitrogen and oxygen atoms in total. The Morgan fingerprint density at radius 3 is 2.57 bits per heavy atom. The third-order valence-corrected chi connectivity index (χ3v) is 8.39. The van der Waals surface area contributed by atoms with Gasteiger partial charge in [-0.15, -0.1) is 11.3 Å². The predicted octanol–water partition coefficient (Wildman–Crippen LogP) is 3.53. The molecule has 3 aromatic rings. The van der Waals surface area contributed by atoms with Gasteiger partial charge in [0.05, 0.1) is 21.8 Å². The minimum atomic E-state index is -3.56. The molecular weight excluding hydrogens is 420 g/mol. The summed E-state index contributed by atoms with van der Waals surface area (Å²) in [4.78, 5) is 10.1. The number of halogens is 1. The Morgan fingerprint density at radius 1 is 1.29 bits per heavy atom. The molecule has 0 bridgehead atoms. The topological polar surface area (TPSA) is 102 Å². The van der Waals surface area contributed by atoms with Crippen LogP contribution < -0.4 is 5.73 Å². The summed E-state index contributed by atoms with van der Waals surface area (Å²) in [5, 5.41) is 0.468. The van der Waals surface area contributed by atoms with Gasteiger partial charge in [-0.25, -0.2) is 22.7 Å². The lowest BCUT2D eigenvalue weighted by Gasteiger charge is -2.33. The zero-order valence-corrected chi connectivity index (χ0v) is 17.5. The van der Waals surface area contributed by atoms with Crippen LogP contribution in [0.5, 0.6) is 0 Å². The van der Waals surface area contributed by atoms with Gasteiger partial charge in [0, 0.05) is 17.5 Å². The monoisotopic (exact) mass is 436 g/mol. The highest BCUT2D eigenvalue weighted by Crippen LogP contribution is 2.44. The molecule has 10 heteroatoms. The van der Waals surface area contributed by atoms with Crippen molar-refractivity contribution >= 4 is 38.9 Å². The first-order valence-electron chi connectivity index (χ1n) is 8.32. The standard InChI is InChI=1S/C18H17ClN4O3S2/c1-18(10-28(24,25)23(2)17(20)22-18)15-13(19)9-14(27-15)11-3-5-12(6-4-11)16-21-7-8-26-16/h3-9H,10H2,1-2H3,(H2,20,22)/t18-/m0/s1. The van der Waals surface area contributed by atoms with E-state index >= 15 is 0 Å². The quantitative estimate of drug-likeness (QED) is 0.676. The van der Waals surface area contributed by atoms with E-state index in [0.717, 1.165) is 20.3 Å². The number of benzene rings is 1. The second-order valence-electron chi connectivity index (χ2n) is 6.67. The number of nitrogens with two attached hydrogens (primary N) is 1. The molecule has 0 unspecified atom stereocenters. The number of thiophene rings is 1. The zero-order chi connectivity index (χ0) is 20.1. The van der Waals surface area contributed by atoms with Gasteiger partial charge in [-0.1, -0.05) is 23.7 Å². The molecule has 28 heavy (non-hydrogen) atoms. The van der Waals surface area contributed by atoms with E-state index in [1.165, 1.54) is 24.6 Å². The van der Waals surface area contributed by atoms with Crippen molar-refractivity contribution in [2.24, 2.45) is 10.7 Å². The summed E-state index contributed by atoms with van der Waals surface area (Å²) in [6, 6.07) is 9.52. The molecule has 0 saturated heterocycles. The van der Waals surface area contributed by atoms with Crippen LogP contribution in [0.3, 0.4) is 0 Å². The van der Waals surface area contributed by atoms with Crippen molar-refractivity contribution in [1.29, 1.82) is 0 Å². The maximum atomic E-state index is 12.4. The highest BCUT2D eigenvalue weighted by Gasteiger charge is 2.42. The lowest BCUT2D eigenvalue weighted by atomic mass is 10.0. The first kappa shape index (κ1) is 19.0. The van der Waals surface area contributed by atoms with Gasteiger partial charge in [0.25, 0.3) is 0 Å². The SMILES string of the molecule is CN1C(N)=N[C@](C)(c2sc(-c3ccc(-c4ncco4)cc3)cc2Cl)CS1(=O)=O. The van der Waals surface area contributed by atoms with E-state index in [2.05, 4.69) is 9.98 Å². The molecule has 1 aromatic carbocycles. The molecule has 0 radical (unpaired) electrons. The van der Waals surface area contributed by atoms with E-state index in [4.69, 9.17) is 21.8 Å². The van der Waals surface area contributed by atoms with E-state index in [1.54, 1.807) is 13.1 Å². The molecule has 146 valence electrons. The molecule has 0 fully saturated rings. The average Bonchev–Trinajstić information content (AvgIpc) is 3.29. The smallest absolute Gasteiger partial charge is 0.239 e. The maximum absolute atomic E-state index is 12.4. The third-order valence-electron chi connectivity index (χ3n) is 4.59. The summed E-state index contributed by atoms with van der Waals surface area (Å²) in [6.07, 6.45) is 3.12. The molecule has 4 rings (SSSR count). The van der Waals surface area contributed by atoms with Crippen LogP contribution in [0.15, 0.2) is 52.2 Å². The van der Waals surface area contributed by atoms with Crippen molar-refractivity contribution in [2.75, 3.05) is 12.8 Å². The van der Waals surface area contributed by atoms with Crippen LogP contribution >= 0.6 is 22.9 Å². The lowest BCUT2D eigenvalue weighted by Crippen LogP contribution is -2.50. The minimum Gasteiger partial charge on any atom is -0.445 e. The molecule has 3 heterocycles. The summed E-state index contributed by atoms with van der Waals surface area (Å²) in [5.41, 5.74) is 6.62. The van der Waals surface area contributed by atoms with Crippen LogP contribution in [-0.4, -0.2) is 36.5 Å². The van der Waals surface area contributed by atoms with Crippen molar-refractivity contribution in [1.82, 2.24) is 9.29 Å². The maximum Gasteiger partial charge on any atom is 0.239 e. The Hall–Kier alpha value is -2.36. The molecule has 1 atom stereocenters. The van der Waals surface area contributed by atoms with Gasteiger partial charge >= 0.3 is 0 Å². The average molecular weight is 437 g/mol. The summed E-state index contributed by atoms with van der Waals surface area (Å²) < 4.78 is 31.2. The van der Waals surface area contributed by atoms with Crippen LogP contribution in [0.4, 0.5) is 0 Å². The van der Waals surface area contributed by atoms with Gasteiger partial charge in [0.1, 0.15) is 11.8 Å². The first-order valence-corrected chi connectivity index (χ1v) is 11.1. The first-order chi connectivity index (χ1) is 13.2. The van der Waals surface area contributed by atoms with Gasteiger partial charge in [0.15, 0.2) is 0 Å². The van der Waals surface area contributed by atoms with Crippen molar-refractivity contribution in [3.63, 3.8) is 0 Å². The summed E-state index contributed by atoms with van der Waals surface area (Å²) in [5.74, 6) is 0.306. The van der Waals surface area contributed by atoms with Crippen molar-refractivity contribution < 1.29 is 12.8 Å². The highest BCUT2D eigenvalue weighted by atomic mass is 35.5. The van der Waals surface area contributed by atoms with Gasteiger partial charge in [0.2, 0.25) is 21.9 Å². The molecule has 0 aliphatic carbocycles.